The van der Waals surface area contributed by atoms with Gasteiger partial charge in [0.1, 0.15) is 5.75 Å². The molecule has 3 aromatic carbocycles. The number of nitrogens with one attached hydrogen (secondary N) is 2. The highest BCUT2D eigenvalue weighted by Gasteiger charge is 2.08. The molecule has 8 heteroatoms. The molecule has 0 aliphatic rings. The maximum absolute atomic E-state index is 12.2. The Kier molecular flexibility index (Phi) is 8.19. The molecule has 3 rings (SSSR count). The van der Waals surface area contributed by atoms with Gasteiger partial charge in [0, 0.05) is 15.7 Å². The molecule has 0 radical (unpaired) electrons. The molecule has 2 amide bonds. The highest BCUT2D eigenvalue weighted by molar-refractivity contribution is 9.10. The third-order valence-electron chi connectivity index (χ3n) is 4.59. The molecule has 3 aromatic rings. The molecule has 6 nitrogen and oxygen atoms in total. The zero-order valence-corrected chi connectivity index (χ0v) is 20.7. The Hall–Kier alpha value is -2.97. The first-order valence-corrected chi connectivity index (χ1v) is 11.3. The predicted molar refractivity (Wildman–Crippen MR) is 133 cm³/mol. The Morgan fingerprint density at radius 3 is 2.41 bits per heavy atom. The molecular weight excluding hydrogens is 538 g/mol. The summed E-state index contributed by atoms with van der Waals surface area (Å²) in [5.41, 5.74) is 6.75. The minimum atomic E-state index is -0.303. The highest BCUT2D eigenvalue weighted by atomic mass is 79.9. The lowest BCUT2D eigenvalue weighted by molar-refractivity contribution is -0.118. The minimum Gasteiger partial charge on any atom is -0.483 e. The summed E-state index contributed by atoms with van der Waals surface area (Å²) in [5.74, 6) is -0.0275. The van der Waals surface area contributed by atoms with Crippen LogP contribution in [0.5, 0.6) is 5.75 Å². The summed E-state index contributed by atoms with van der Waals surface area (Å²) in [6.45, 7) is 3.89. The summed E-state index contributed by atoms with van der Waals surface area (Å²) in [6.07, 6.45) is 1.53. The van der Waals surface area contributed by atoms with E-state index in [4.69, 9.17) is 4.74 Å². The second kappa shape index (κ2) is 11.1. The Balaban J connectivity index is 1.52. The Morgan fingerprint density at radius 2 is 1.72 bits per heavy atom. The van der Waals surface area contributed by atoms with E-state index >= 15 is 0 Å². The predicted octanol–water partition coefficient (Wildman–Crippen LogP) is 5.61. The number of hydrogen-bond acceptors (Lipinski definition) is 4. The van der Waals surface area contributed by atoms with Gasteiger partial charge in [-0.15, -0.1) is 0 Å². The van der Waals surface area contributed by atoms with Gasteiger partial charge in [-0.05, 0) is 101 Å². The van der Waals surface area contributed by atoms with Crippen molar-refractivity contribution in [1.82, 2.24) is 5.43 Å². The Morgan fingerprint density at radius 1 is 0.969 bits per heavy atom. The number of rotatable bonds is 7. The fourth-order valence-corrected chi connectivity index (χ4v) is 3.48. The second-order valence-electron chi connectivity index (χ2n) is 7.03. The van der Waals surface area contributed by atoms with Gasteiger partial charge in [0.2, 0.25) is 0 Å². The normalized spacial score (nSPS) is 10.8. The summed E-state index contributed by atoms with van der Waals surface area (Å²) in [4.78, 5) is 24.3. The first-order valence-electron chi connectivity index (χ1n) is 9.70. The van der Waals surface area contributed by atoms with Crippen LogP contribution in [0, 0.1) is 13.8 Å². The molecule has 0 saturated heterocycles. The molecule has 2 N–H and O–H groups in total. The van der Waals surface area contributed by atoms with Crippen LogP contribution in [0.15, 0.2) is 74.7 Å². The van der Waals surface area contributed by atoms with Crippen LogP contribution in [-0.2, 0) is 4.79 Å². The van der Waals surface area contributed by atoms with E-state index in [1.807, 2.05) is 32.0 Å². The number of hydrogen-bond donors (Lipinski definition) is 2. The molecule has 32 heavy (non-hydrogen) atoms. The van der Waals surface area contributed by atoms with Crippen molar-refractivity contribution < 1.29 is 14.3 Å². The zero-order valence-electron chi connectivity index (χ0n) is 17.5. The Bertz CT molecular complexity index is 1160. The molecule has 0 bridgehead atoms. The van der Waals surface area contributed by atoms with E-state index in [0.29, 0.717) is 15.8 Å². The lowest BCUT2D eigenvalue weighted by Crippen LogP contribution is -2.20. The summed E-state index contributed by atoms with van der Waals surface area (Å²) in [7, 11) is 0. The van der Waals surface area contributed by atoms with Crippen LogP contribution < -0.4 is 15.5 Å². The number of nitrogens with zero attached hydrogens (tertiary/aromatic N) is 1. The molecule has 0 heterocycles. The summed E-state index contributed by atoms with van der Waals surface area (Å²) in [5, 5.41) is 6.81. The monoisotopic (exact) mass is 557 g/mol. The molecule has 0 saturated carbocycles. The first-order chi connectivity index (χ1) is 15.3. The minimum absolute atomic E-state index is 0.123. The van der Waals surface area contributed by atoms with Gasteiger partial charge < -0.3 is 10.1 Å². The van der Waals surface area contributed by atoms with Crippen LogP contribution in [0.4, 0.5) is 5.69 Å². The van der Waals surface area contributed by atoms with Crippen molar-refractivity contribution in [3.05, 3.63) is 91.9 Å². The lowest BCUT2D eigenvalue weighted by Gasteiger charge is -2.10. The van der Waals surface area contributed by atoms with Crippen LogP contribution in [0.3, 0.4) is 0 Å². The number of benzene rings is 3. The van der Waals surface area contributed by atoms with Crippen molar-refractivity contribution in [3.63, 3.8) is 0 Å². The highest BCUT2D eigenvalue weighted by Crippen LogP contribution is 2.25. The van der Waals surface area contributed by atoms with Crippen molar-refractivity contribution in [3.8, 4) is 5.75 Å². The van der Waals surface area contributed by atoms with Gasteiger partial charge in [-0.25, -0.2) is 5.43 Å². The van der Waals surface area contributed by atoms with Gasteiger partial charge in [0.05, 0.1) is 10.7 Å². The lowest BCUT2D eigenvalue weighted by atomic mass is 10.1. The molecule has 164 valence electrons. The van der Waals surface area contributed by atoms with Gasteiger partial charge in [-0.2, -0.15) is 5.10 Å². The zero-order chi connectivity index (χ0) is 23.1. The summed E-state index contributed by atoms with van der Waals surface area (Å²) >= 11 is 6.77. The number of hydrazone groups is 1. The number of halogens is 2. The van der Waals surface area contributed by atoms with E-state index < -0.39 is 0 Å². The van der Waals surface area contributed by atoms with E-state index in [1.165, 1.54) is 11.8 Å². The van der Waals surface area contributed by atoms with Crippen molar-refractivity contribution in [2.24, 2.45) is 5.10 Å². The van der Waals surface area contributed by atoms with Crippen molar-refractivity contribution in [2.75, 3.05) is 11.9 Å². The molecule has 0 spiro atoms. The van der Waals surface area contributed by atoms with Crippen LogP contribution in [0.25, 0.3) is 0 Å². The van der Waals surface area contributed by atoms with Crippen molar-refractivity contribution in [2.45, 2.75) is 13.8 Å². The summed E-state index contributed by atoms with van der Waals surface area (Å²) < 4.78 is 7.18. The third-order valence-corrected chi connectivity index (χ3v) is 5.74. The van der Waals surface area contributed by atoms with Gasteiger partial charge in [0.25, 0.3) is 11.8 Å². The molecule has 0 unspecified atom stereocenters. The molecule has 0 aliphatic carbocycles. The van der Waals surface area contributed by atoms with Crippen LogP contribution in [0.1, 0.15) is 27.0 Å². The quantitative estimate of drug-likeness (QED) is 0.292. The molecule has 0 atom stereocenters. The van der Waals surface area contributed by atoms with E-state index in [1.54, 1.807) is 42.5 Å². The topological polar surface area (TPSA) is 79.8 Å². The standard InChI is InChI=1S/C24H21Br2N3O3/c1-15-3-9-20(11-16(15)2)28-23(30)14-32-22-10-4-17(12-21(22)26)13-27-29-24(31)18-5-7-19(25)8-6-18/h3-13H,14H2,1-2H3,(H,28,30)(H,29,31)/b27-13+. The summed E-state index contributed by atoms with van der Waals surface area (Å²) in [6, 6.07) is 18.0. The van der Waals surface area contributed by atoms with Crippen LogP contribution in [0.2, 0.25) is 0 Å². The first kappa shape index (κ1) is 23.7. The average Bonchev–Trinajstić information content (AvgIpc) is 2.76. The van der Waals surface area contributed by atoms with Crippen molar-refractivity contribution >= 4 is 55.6 Å². The number of anilines is 1. The smallest absolute Gasteiger partial charge is 0.271 e. The number of carbonyl (C=O) groups is 2. The van der Waals surface area contributed by atoms with Gasteiger partial charge in [-0.3, -0.25) is 9.59 Å². The van der Waals surface area contributed by atoms with Gasteiger partial charge in [-0.1, -0.05) is 22.0 Å². The molecule has 0 fully saturated rings. The molecule has 0 aromatic heterocycles. The van der Waals surface area contributed by atoms with Gasteiger partial charge in [0.15, 0.2) is 6.61 Å². The number of amides is 2. The average molecular weight is 559 g/mol. The van der Waals surface area contributed by atoms with E-state index in [-0.39, 0.29) is 18.4 Å². The molecule has 0 aliphatic heterocycles. The SMILES string of the molecule is Cc1ccc(NC(=O)COc2ccc(/C=N/NC(=O)c3ccc(Br)cc3)cc2Br)cc1C. The van der Waals surface area contributed by atoms with Gasteiger partial charge >= 0.3 is 0 Å². The van der Waals surface area contributed by atoms with Crippen molar-refractivity contribution in [1.29, 1.82) is 0 Å². The molecular formula is C24H21Br2N3O3. The largest absolute Gasteiger partial charge is 0.483 e. The Labute approximate surface area is 203 Å². The van der Waals surface area contributed by atoms with E-state index in [2.05, 4.69) is 47.7 Å². The van der Waals surface area contributed by atoms with Crippen LogP contribution >= 0.6 is 31.9 Å². The number of aryl methyl sites for hydroxylation is 2. The maximum atomic E-state index is 12.2. The van der Waals surface area contributed by atoms with E-state index in [9.17, 15) is 9.59 Å². The van der Waals surface area contributed by atoms with E-state index in [0.717, 1.165) is 21.3 Å². The second-order valence-corrected chi connectivity index (χ2v) is 8.80. The number of ether oxygens (including phenoxy) is 1. The third kappa shape index (κ3) is 6.77. The van der Waals surface area contributed by atoms with Crippen LogP contribution in [-0.4, -0.2) is 24.6 Å². The fourth-order valence-electron chi connectivity index (χ4n) is 2.71. The maximum Gasteiger partial charge on any atom is 0.271 e. The fraction of sp³-hybridized carbons (Fsp3) is 0.125. The number of carbonyl (C=O) groups excluding carboxylic acids is 2.